The normalized spacial score (nSPS) is 16.6. The molecule has 1 aliphatic heterocycles. The monoisotopic (exact) mass is 395 g/mol. The second kappa shape index (κ2) is 8.11. The van der Waals surface area contributed by atoms with E-state index in [4.69, 9.17) is 9.97 Å². The highest BCUT2D eigenvalue weighted by molar-refractivity contribution is 5.91. The first kappa shape index (κ1) is 18.6. The SMILES string of the molecule is CC1CCCN(c2nc(Nc3cccc4cccnc34)cc(-c3ccccc3)n2)C1. The van der Waals surface area contributed by atoms with Gasteiger partial charge in [0, 0.05) is 36.3 Å². The summed E-state index contributed by atoms with van der Waals surface area (Å²) in [5.74, 6) is 2.23. The van der Waals surface area contributed by atoms with Crippen molar-refractivity contribution in [3.05, 3.63) is 72.9 Å². The quantitative estimate of drug-likeness (QED) is 0.482. The fraction of sp³-hybridized carbons (Fsp3) is 0.240. The molecule has 1 unspecified atom stereocenters. The number of rotatable bonds is 4. The van der Waals surface area contributed by atoms with E-state index in [1.807, 2.05) is 48.7 Å². The molecule has 3 heterocycles. The molecule has 0 radical (unpaired) electrons. The van der Waals surface area contributed by atoms with Gasteiger partial charge in [0.15, 0.2) is 0 Å². The Morgan fingerprint density at radius 3 is 2.70 bits per heavy atom. The molecule has 150 valence electrons. The third-order valence-electron chi connectivity index (χ3n) is 5.62. The van der Waals surface area contributed by atoms with Gasteiger partial charge in [-0.1, -0.05) is 55.5 Å². The first-order valence-electron chi connectivity index (χ1n) is 10.6. The van der Waals surface area contributed by atoms with Crippen LogP contribution in [0.1, 0.15) is 19.8 Å². The first-order chi connectivity index (χ1) is 14.8. The van der Waals surface area contributed by atoms with Crippen LogP contribution < -0.4 is 10.2 Å². The number of fused-ring (bicyclic) bond motifs is 1. The summed E-state index contributed by atoms with van der Waals surface area (Å²) in [7, 11) is 0. The van der Waals surface area contributed by atoms with Crippen LogP contribution in [0.25, 0.3) is 22.2 Å². The molecular weight excluding hydrogens is 370 g/mol. The summed E-state index contributed by atoms with van der Waals surface area (Å²) in [5, 5.41) is 4.61. The van der Waals surface area contributed by atoms with Gasteiger partial charge in [0.2, 0.25) is 5.95 Å². The molecule has 30 heavy (non-hydrogen) atoms. The predicted octanol–water partition coefficient (Wildman–Crippen LogP) is 5.67. The van der Waals surface area contributed by atoms with Crippen LogP contribution in [-0.2, 0) is 0 Å². The third-order valence-corrected chi connectivity index (χ3v) is 5.62. The van der Waals surface area contributed by atoms with Gasteiger partial charge >= 0.3 is 0 Å². The minimum absolute atomic E-state index is 0.654. The van der Waals surface area contributed by atoms with E-state index in [1.54, 1.807) is 0 Å². The zero-order valence-electron chi connectivity index (χ0n) is 17.1. The summed E-state index contributed by atoms with van der Waals surface area (Å²) in [5.41, 5.74) is 3.90. The van der Waals surface area contributed by atoms with Crippen LogP contribution in [0.2, 0.25) is 0 Å². The highest BCUT2D eigenvalue weighted by atomic mass is 15.3. The van der Waals surface area contributed by atoms with Gasteiger partial charge in [-0.3, -0.25) is 4.98 Å². The van der Waals surface area contributed by atoms with Crippen LogP contribution in [-0.4, -0.2) is 28.0 Å². The van der Waals surface area contributed by atoms with Crippen LogP contribution in [0.4, 0.5) is 17.5 Å². The Labute approximate surface area is 176 Å². The molecule has 1 atom stereocenters. The number of nitrogens with zero attached hydrogens (tertiary/aromatic N) is 4. The van der Waals surface area contributed by atoms with Crippen molar-refractivity contribution in [2.24, 2.45) is 5.92 Å². The second-order valence-corrected chi connectivity index (χ2v) is 8.00. The number of benzene rings is 2. The Bertz CT molecular complexity index is 1150. The standard InChI is InChI=1S/C25H25N5/c1-18-8-7-15-30(17-18)25-28-22(19-9-3-2-4-10-19)16-23(29-25)27-21-13-5-11-20-12-6-14-26-24(20)21/h2-6,9-14,16,18H,7-8,15,17H2,1H3,(H,27,28,29). The van der Waals surface area contributed by atoms with E-state index < -0.39 is 0 Å². The molecule has 0 spiro atoms. The fourth-order valence-corrected chi connectivity index (χ4v) is 4.11. The second-order valence-electron chi connectivity index (χ2n) is 8.00. The van der Waals surface area contributed by atoms with Crippen LogP contribution in [0.3, 0.4) is 0 Å². The van der Waals surface area contributed by atoms with Crippen LogP contribution >= 0.6 is 0 Å². The van der Waals surface area contributed by atoms with E-state index in [-0.39, 0.29) is 0 Å². The lowest BCUT2D eigenvalue weighted by atomic mass is 10.0. The van der Waals surface area contributed by atoms with Crippen molar-refractivity contribution in [2.75, 3.05) is 23.3 Å². The topological polar surface area (TPSA) is 53.9 Å². The molecular formula is C25H25N5. The Hall–Kier alpha value is -3.47. The van der Waals surface area contributed by atoms with E-state index in [0.717, 1.165) is 52.7 Å². The molecule has 0 amide bonds. The van der Waals surface area contributed by atoms with Crippen LogP contribution in [0, 0.1) is 5.92 Å². The molecule has 1 aliphatic rings. The Kier molecular flexibility index (Phi) is 5.01. The molecule has 5 rings (SSSR count). The molecule has 1 N–H and O–H groups in total. The van der Waals surface area contributed by atoms with Crippen molar-refractivity contribution in [1.29, 1.82) is 0 Å². The van der Waals surface area contributed by atoms with Crippen LogP contribution in [0.5, 0.6) is 0 Å². The van der Waals surface area contributed by atoms with Crippen LogP contribution in [0.15, 0.2) is 72.9 Å². The van der Waals surface area contributed by atoms with Crippen molar-refractivity contribution in [2.45, 2.75) is 19.8 Å². The molecule has 1 saturated heterocycles. The number of hydrogen-bond acceptors (Lipinski definition) is 5. The lowest BCUT2D eigenvalue weighted by Crippen LogP contribution is -2.35. The highest BCUT2D eigenvalue weighted by Crippen LogP contribution is 2.29. The minimum Gasteiger partial charge on any atom is -0.340 e. The lowest BCUT2D eigenvalue weighted by Gasteiger charge is -2.31. The number of nitrogens with one attached hydrogen (secondary N) is 1. The molecule has 0 bridgehead atoms. The average molecular weight is 396 g/mol. The Morgan fingerprint density at radius 2 is 1.83 bits per heavy atom. The fourth-order valence-electron chi connectivity index (χ4n) is 4.11. The molecule has 5 nitrogen and oxygen atoms in total. The molecule has 2 aromatic carbocycles. The van der Waals surface area contributed by atoms with Crippen molar-refractivity contribution in [1.82, 2.24) is 15.0 Å². The summed E-state index contributed by atoms with van der Waals surface area (Å²) in [4.78, 5) is 16.7. The number of aromatic nitrogens is 3. The average Bonchev–Trinajstić information content (AvgIpc) is 2.80. The smallest absolute Gasteiger partial charge is 0.227 e. The highest BCUT2D eigenvalue weighted by Gasteiger charge is 2.20. The van der Waals surface area contributed by atoms with Crippen molar-refractivity contribution in [3.8, 4) is 11.3 Å². The van der Waals surface area contributed by atoms with Gasteiger partial charge in [-0.25, -0.2) is 4.98 Å². The summed E-state index contributed by atoms with van der Waals surface area (Å²) in [6, 6.07) is 22.5. The summed E-state index contributed by atoms with van der Waals surface area (Å²) < 4.78 is 0. The van der Waals surface area contributed by atoms with Crippen molar-refractivity contribution < 1.29 is 0 Å². The Balaban J connectivity index is 1.57. The largest absolute Gasteiger partial charge is 0.340 e. The minimum atomic E-state index is 0.654. The Morgan fingerprint density at radius 1 is 0.967 bits per heavy atom. The molecule has 4 aromatic rings. The zero-order chi connectivity index (χ0) is 20.3. The summed E-state index contributed by atoms with van der Waals surface area (Å²) in [6.07, 6.45) is 4.27. The number of para-hydroxylation sites is 1. The van der Waals surface area contributed by atoms with E-state index >= 15 is 0 Å². The van der Waals surface area contributed by atoms with Gasteiger partial charge in [-0.15, -0.1) is 0 Å². The van der Waals surface area contributed by atoms with Gasteiger partial charge in [-0.2, -0.15) is 4.98 Å². The van der Waals surface area contributed by atoms with E-state index in [1.165, 1.54) is 12.8 Å². The molecule has 2 aromatic heterocycles. The maximum absolute atomic E-state index is 4.92. The lowest BCUT2D eigenvalue weighted by molar-refractivity contribution is 0.442. The summed E-state index contributed by atoms with van der Waals surface area (Å²) >= 11 is 0. The first-order valence-corrected chi connectivity index (χ1v) is 10.6. The van der Waals surface area contributed by atoms with E-state index in [9.17, 15) is 0 Å². The van der Waals surface area contributed by atoms with Crippen molar-refractivity contribution in [3.63, 3.8) is 0 Å². The number of hydrogen-bond donors (Lipinski definition) is 1. The van der Waals surface area contributed by atoms with Gasteiger partial charge in [0.05, 0.1) is 16.9 Å². The molecule has 0 saturated carbocycles. The molecule has 5 heteroatoms. The van der Waals surface area contributed by atoms with E-state index in [0.29, 0.717) is 5.92 Å². The van der Waals surface area contributed by atoms with Gasteiger partial charge < -0.3 is 10.2 Å². The molecule has 1 fully saturated rings. The van der Waals surface area contributed by atoms with Crippen molar-refractivity contribution >= 4 is 28.4 Å². The number of pyridine rings is 1. The number of piperidine rings is 1. The van der Waals surface area contributed by atoms with Gasteiger partial charge in [0.25, 0.3) is 0 Å². The molecule has 0 aliphatic carbocycles. The van der Waals surface area contributed by atoms with Gasteiger partial charge in [-0.05, 0) is 30.9 Å². The van der Waals surface area contributed by atoms with Gasteiger partial charge in [0.1, 0.15) is 5.82 Å². The zero-order valence-corrected chi connectivity index (χ0v) is 17.1. The predicted molar refractivity (Wildman–Crippen MR) is 123 cm³/mol. The number of anilines is 3. The van der Waals surface area contributed by atoms with E-state index in [2.05, 4.69) is 46.4 Å². The third kappa shape index (κ3) is 3.83. The maximum Gasteiger partial charge on any atom is 0.227 e. The summed E-state index contributed by atoms with van der Waals surface area (Å²) in [6.45, 7) is 4.29. The maximum atomic E-state index is 4.92.